The van der Waals surface area contributed by atoms with Crippen LogP contribution in [0.1, 0.15) is 79.9 Å². The van der Waals surface area contributed by atoms with Crippen molar-refractivity contribution in [1.29, 1.82) is 0 Å². The molecule has 5 amide bonds. The lowest BCUT2D eigenvalue weighted by molar-refractivity contribution is 0.101. The van der Waals surface area contributed by atoms with E-state index in [9.17, 15) is 67.5 Å². The van der Waals surface area contributed by atoms with E-state index < -0.39 is 102 Å². The molecule has 6 aromatic heterocycles. The molecule has 144 heavy (non-hydrogen) atoms. The van der Waals surface area contributed by atoms with Crippen LogP contribution >= 0.6 is 56.7 Å². The van der Waals surface area contributed by atoms with Crippen LogP contribution in [0.5, 0.6) is 5.75 Å². The van der Waals surface area contributed by atoms with Crippen molar-refractivity contribution in [3.05, 3.63) is 388 Å². The number of hydrogen-bond donors (Lipinski definition) is 11. The van der Waals surface area contributed by atoms with E-state index in [4.69, 9.17) is 9.88 Å². The van der Waals surface area contributed by atoms with Crippen molar-refractivity contribution in [2.45, 2.75) is 39.5 Å². The summed E-state index contributed by atoms with van der Waals surface area (Å²) in [5.41, 5.74) is 9.63. The highest BCUT2D eigenvalue weighted by Crippen LogP contribution is 2.41. The number of carbonyl (C=O) groups excluding carboxylic acids is 5. The smallest absolute Gasteiger partial charge is 0.273 e. The van der Waals surface area contributed by atoms with E-state index in [2.05, 4.69) is 83.2 Å². The molecule has 0 aliphatic rings. The Labute approximate surface area is 836 Å². The maximum absolute atomic E-state index is 14.3. The van der Waals surface area contributed by atoms with Gasteiger partial charge in [0.05, 0.1) is 69.6 Å². The third-order valence-electron chi connectivity index (χ3n) is 21.4. The number of ether oxygens (including phenoxy) is 1. The van der Waals surface area contributed by atoms with Gasteiger partial charge >= 0.3 is 0 Å². The fourth-order valence-electron chi connectivity index (χ4n) is 14.3. The molecule has 14 aromatic carbocycles. The molecular formula is C104H80F8N18O8S6. The van der Waals surface area contributed by atoms with Crippen molar-refractivity contribution in [1.82, 2.24) is 34.7 Å². The summed E-state index contributed by atoms with van der Waals surface area (Å²) in [5.74, 6) is -10.2. The average molecular weight is 2050 g/mol. The van der Waals surface area contributed by atoms with Crippen molar-refractivity contribution in [2.24, 2.45) is 12.2 Å². The van der Waals surface area contributed by atoms with Gasteiger partial charge in [-0.3, -0.25) is 28.7 Å². The number of fused-ring (bicyclic) bond motifs is 5. The Morgan fingerprint density at radius 3 is 0.882 bits per heavy atom. The first-order valence-electron chi connectivity index (χ1n) is 43.3. The van der Waals surface area contributed by atoms with Crippen molar-refractivity contribution in [2.75, 3.05) is 60.3 Å². The number of nitrogens with one attached hydrogen (secondary N) is 10. The zero-order valence-corrected chi connectivity index (χ0v) is 81.5. The van der Waals surface area contributed by atoms with Gasteiger partial charge in [0.15, 0.2) is 25.7 Å². The summed E-state index contributed by atoms with van der Waals surface area (Å²) in [5, 5.41) is 41.7. The number of primary sulfonamides is 1. The predicted octanol–water partition coefficient (Wildman–Crippen LogP) is 26.5. The number of amides is 5. The molecule has 20 rings (SSSR count). The molecule has 0 spiro atoms. The highest BCUT2D eigenvalue weighted by Gasteiger charge is 2.27. The number of aromatic nitrogens is 7. The molecule has 0 unspecified atom stereocenters. The molecule has 20 aromatic rings. The second kappa shape index (κ2) is 44.4. The number of benzene rings is 14. The molecular weight excluding hydrogens is 1970 g/mol. The molecule has 6 heterocycles. The molecule has 0 aliphatic heterocycles. The molecule has 40 heteroatoms. The molecule has 0 fully saturated rings. The third kappa shape index (κ3) is 23.9. The second-order valence-corrected chi connectivity index (χ2v) is 38.4. The summed E-state index contributed by atoms with van der Waals surface area (Å²) in [4.78, 5) is 85.3. The number of aryl methyl sites for hydroxylation is 6. The number of thiazole rings is 5. The molecule has 726 valence electrons. The van der Waals surface area contributed by atoms with Crippen molar-refractivity contribution in [3.63, 3.8) is 0 Å². The third-order valence-corrected chi connectivity index (χ3v) is 27.0. The fourth-order valence-corrected chi connectivity index (χ4v) is 19.4. The van der Waals surface area contributed by atoms with Gasteiger partial charge in [-0.1, -0.05) is 165 Å². The minimum atomic E-state index is -3.80. The van der Waals surface area contributed by atoms with Gasteiger partial charge in [-0.15, -0.1) is 0 Å². The average Bonchev–Trinajstić information content (AvgIpc) is 1.76. The number of nitrogens with two attached hydrogens (primary N) is 1. The van der Waals surface area contributed by atoms with Gasteiger partial charge in [-0.25, -0.2) is 73.6 Å². The number of rotatable bonds is 22. The van der Waals surface area contributed by atoms with Gasteiger partial charge in [-0.2, -0.15) is 5.10 Å². The zero-order chi connectivity index (χ0) is 102. The number of anilines is 15. The second-order valence-electron chi connectivity index (χ2n) is 31.7. The standard InChI is InChI=1S/C22H17F2N3O2S.C22H17F2N3OS.C21H16F2N4O3S2.C20H13F2N3OS.C19H17N5OS/c1-12-6-11-15(23)18(19(12)24)21(28)26-16-4-3-5-17-20(16)27-22(30-17)25-13-7-9-14(29-2)10-8-13;1-12-6-9-14(10-7-12)25-22-27-20-16(4-3-5-17(20)29-22)26-21(28)18-15(23)11-8-13(2)19(18)24;1-11-5-10-14(22)17(18(11)23)20(28)26-15-3-2-4-16-19(15)27-21(31-16)25-12-6-8-13(9-7-12)32(24,29)30;21-13-8-4-9-14(22)17(13)19(26)24-15-10-5-11-16-18(15)25-20(27-16)23-12-6-2-1-3-7-12;1-12-11-15(24(2)23-12)18(25)21-14-9-6-10-16-17(14)22-19(26-16)20-13-7-4-3-5-8-13/h3-11H,1-2H3,(H,25,27)(H,26,28);3-11H,1-2H3,(H,25,27)(H,26,28);2-10H,1H3,(H,25,27)(H,26,28)(H2,24,29,30);1-11H,(H,23,25)(H,24,26);3-11H,1-2H3,(H,20,22)(H,21,25). The van der Waals surface area contributed by atoms with E-state index in [1.807, 2.05) is 159 Å². The number of nitrogens with zero attached hydrogens (tertiary/aromatic N) is 7. The monoisotopic (exact) mass is 2050 g/mol. The van der Waals surface area contributed by atoms with Crippen LogP contribution in [-0.4, -0.2) is 79.8 Å². The van der Waals surface area contributed by atoms with E-state index in [-0.39, 0.29) is 27.5 Å². The molecule has 0 saturated heterocycles. The van der Waals surface area contributed by atoms with E-state index in [1.165, 1.54) is 115 Å². The van der Waals surface area contributed by atoms with Gasteiger partial charge in [0.25, 0.3) is 29.5 Å². The zero-order valence-electron chi connectivity index (χ0n) is 76.6. The van der Waals surface area contributed by atoms with Gasteiger partial charge in [0.2, 0.25) is 10.0 Å². The molecule has 0 bridgehead atoms. The topological polar surface area (TPSA) is 357 Å². The summed E-state index contributed by atoms with van der Waals surface area (Å²) >= 11 is 7.06. The maximum Gasteiger partial charge on any atom is 0.273 e. The van der Waals surface area contributed by atoms with Crippen LogP contribution < -0.4 is 63.0 Å². The number of hydrogen-bond acceptors (Lipinski definition) is 24. The maximum atomic E-state index is 14.3. The van der Waals surface area contributed by atoms with Gasteiger partial charge in [0, 0.05) is 35.5 Å². The lowest BCUT2D eigenvalue weighted by Gasteiger charge is -2.09. The van der Waals surface area contributed by atoms with E-state index in [0.29, 0.717) is 82.4 Å². The molecule has 0 saturated carbocycles. The molecule has 0 aliphatic carbocycles. The Kier molecular flexibility index (Phi) is 30.9. The lowest BCUT2D eigenvalue weighted by atomic mass is 10.1. The highest BCUT2D eigenvalue weighted by atomic mass is 32.2. The Morgan fingerprint density at radius 2 is 0.590 bits per heavy atom. The van der Waals surface area contributed by atoms with Crippen molar-refractivity contribution in [3.8, 4) is 5.75 Å². The number of halogens is 8. The van der Waals surface area contributed by atoms with Crippen LogP contribution in [0.25, 0.3) is 51.1 Å². The Morgan fingerprint density at radius 1 is 0.319 bits per heavy atom. The van der Waals surface area contributed by atoms with Crippen LogP contribution in [-0.2, 0) is 17.1 Å². The van der Waals surface area contributed by atoms with Crippen LogP contribution in [0.3, 0.4) is 0 Å². The number of para-hydroxylation sites is 7. The van der Waals surface area contributed by atoms with Gasteiger partial charge in [-0.05, 0) is 233 Å². The minimum Gasteiger partial charge on any atom is -0.497 e. The number of carbonyl (C=O) groups is 5. The van der Waals surface area contributed by atoms with Crippen LogP contribution in [0.2, 0.25) is 0 Å². The summed E-state index contributed by atoms with van der Waals surface area (Å²) in [6, 6.07) is 79.2. The first kappa shape index (κ1) is 100. The fraction of sp³-hybridized carbons (Fsp3) is 0.0673. The Bertz CT molecular complexity index is 8350. The first-order valence-corrected chi connectivity index (χ1v) is 49.0. The van der Waals surface area contributed by atoms with E-state index >= 15 is 0 Å². The van der Waals surface area contributed by atoms with Crippen LogP contribution in [0.15, 0.2) is 290 Å². The summed E-state index contributed by atoms with van der Waals surface area (Å²) in [6.45, 7) is 8.27. The minimum absolute atomic E-state index is 0.0204. The molecule has 0 atom stereocenters. The lowest BCUT2D eigenvalue weighted by Crippen LogP contribution is -2.16. The van der Waals surface area contributed by atoms with Crippen molar-refractivity contribution >= 4 is 230 Å². The summed E-state index contributed by atoms with van der Waals surface area (Å²) in [7, 11) is -0.442. The summed E-state index contributed by atoms with van der Waals surface area (Å²) in [6.07, 6.45) is 0. The summed E-state index contributed by atoms with van der Waals surface area (Å²) < 4.78 is 146. The van der Waals surface area contributed by atoms with Crippen molar-refractivity contribution < 1.29 is 72.3 Å². The van der Waals surface area contributed by atoms with Gasteiger partial charge in [0.1, 0.15) is 108 Å². The predicted molar refractivity (Wildman–Crippen MR) is 557 cm³/mol. The van der Waals surface area contributed by atoms with Crippen LogP contribution in [0.4, 0.5) is 118 Å². The Hall–Kier alpha value is -16.8. The SMILES string of the molecule is COc1ccc(Nc2nc3c(NC(=O)c4c(F)ccc(C)c4F)cccc3s2)cc1.Cc1cc(C(=O)Nc2cccc3sc(Nc4ccccc4)nc23)n(C)n1.Cc1ccc(F)c(C(=O)Nc2cccc3sc(Nc4ccc(S(N)(=O)=O)cc4)nc23)c1F.Cc1ccc(Nc2nc3c(NC(=O)c4c(F)ccc(C)c4F)cccc3s2)cc1.O=C(Nc1cccc2sc(Nc3ccccc3)nc12)c1c(F)cccc1F. The number of methoxy groups -OCH3 is 1. The quantitative estimate of drug-likeness (QED) is 0.0281. The van der Waals surface area contributed by atoms with E-state index in [1.54, 1.807) is 90.8 Å². The number of sulfonamides is 1. The van der Waals surface area contributed by atoms with E-state index in [0.717, 1.165) is 104 Å². The molecule has 26 nitrogen and oxygen atoms in total. The Balaban J connectivity index is 0.000000129. The first-order chi connectivity index (χ1) is 69.2. The largest absolute Gasteiger partial charge is 0.497 e. The highest BCUT2D eigenvalue weighted by molar-refractivity contribution is 7.89. The molecule has 12 N–H and O–H groups in total. The van der Waals surface area contributed by atoms with Crippen LogP contribution in [0, 0.1) is 81.2 Å². The normalized spacial score (nSPS) is 11.0. The molecule has 0 radical (unpaired) electrons. The van der Waals surface area contributed by atoms with Gasteiger partial charge < -0.3 is 57.9 Å².